The van der Waals surface area contributed by atoms with Crippen LogP contribution in [-0.2, 0) is 9.53 Å². The Labute approximate surface area is 206 Å². The predicted molar refractivity (Wildman–Crippen MR) is 135 cm³/mol. The summed E-state index contributed by atoms with van der Waals surface area (Å²) in [5, 5.41) is 15.2. The molecule has 2 aliphatic heterocycles. The van der Waals surface area contributed by atoms with E-state index in [0.717, 1.165) is 54.5 Å². The highest BCUT2D eigenvalue weighted by atomic mass is 35.5. The van der Waals surface area contributed by atoms with Crippen molar-refractivity contribution in [1.29, 1.82) is 0 Å². The number of hydrogen-bond acceptors (Lipinski definition) is 7. The highest BCUT2D eigenvalue weighted by Gasteiger charge is 2.34. The van der Waals surface area contributed by atoms with Crippen molar-refractivity contribution in [2.75, 3.05) is 36.0 Å². The van der Waals surface area contributed by atoms with Gasteiger partial charge in [-0.1, -0.05) is 6.07 Å². The van der Waals surface area contributed by atoms with E-state index in [4.69, 9.17) is 4.74 Å². The maximum Gasteiger partial charge on any atom is 0.407 e. The number of anilines is 2. The number of benzene rings is 1. The third kappa shape index (κ3) is 5.59. The number of carbonyl (C=O) groups excluding carboxylic acids is 2. The van der Waals surface area contributed by atoms with Gasteiger partial charge in [-0.15, -0.1) is 22.6 Å². The number of rotatable bonds is 4. The fourth-order valence-electron chi connectivity index (χ4n) is 4.57. The number of fused-ring (bicyclic) bond motifs is 1. The lowest BCUT2D eigenvalue weighted by Crippen LogP contribution is -2.45. The summed E-state index contributed by atoms with van der Waals surface area (Å²) >= 11 is 0. The molecule has 3 heterocycles. The number of aromatic nitrogens is 2. The van der Waals surface area contributed by atoms with Crippen molar-refractivity contribution in [3.05, 3.63) is 35.9 Å². The minimum Gasteiger partial charge on any atom is -0.447 e. The van der Waals surface area contributed by atoms with Gasteiger partial charge < -0.3 is 25.2 Å². The van der Waals surface area contributed by atoms with Crippen LogP contribution in [0.3, 0.4) is 0 Å². The molecule has 0 saturated carbocycles. The molecule has 0 spiro atoms. The van der Waals surface area contributed by atoms with Gasteiger partial charge in [-0.2, -0.15) is 0 Å². The van der Waals surface area contributed by atoms with Gasteiger partial charge in [-0.25, -0.2) is 4.79 Å². The number of nitrogens with one attached hydrogen (secondary N) is 2. The Balaban J connectivity index is 0.00000324. The van der Waals surface area contributed by atoms with Crippen molar-refractivity contribution >= 4 is 35.9 Å². The van der Waals surface area contributed by atoms with Crippen LogP contribution >= 0.6 is 12.4 Å². The summed E-state index contributed by atoms with van der Waals surface area (Å²) in [7, 11) is 0. The van der Waals surface area contributed by atoms with E-state index in [-0.39, 0.29) is 36.5 Å². The molecule has 0 bridgehead atoms. The molecular formula is C24H33ClN6O3. The molecule has 10 heteroatoms. The van der Waals surface area contributed by atoms with E-state index in [2.05, 4.69) is 25.7 Å². The van der Waals surface area contributed by atoms with Crippen LogP contribution in [0.25, 0.3) is 11.3 Å². The first-order valence-corrected chi connectivity index (χ1v) is 11.5. The molecule has 2 aromatic rings. The lowest BCUT2D eigenvalue weighted by molar-refractivity contribution is -0.117. The van der Waals surface area contributed by atoms with Gasteiger partial charge >= 0.3 is 6.09 Å². The Morgan fingerprint density at radius 3 is 2.50 bits per heavy atom. The molecule has 34 heavy (non-hydrogen) atoms. The monoisotopic (exact) mass is 488 g/mol. The van der Waals surface area contributed by atoms with Crippen LogP contribution in [0.4, 0.5) is 16.3 Å². The standard InChI is InChI=1S/C24H32N6O3.ClH/c1-15(2)33-24(32)26-21-13-16(3)30(17(4)31)22-7-5-18(14-19(21)22)20-6-8-23(28-27-20)29-11-9-25-10-12-29;/h5-8,14-16,21,25H,9-13H2,1-4H3,(H,26,32);1H/t16-,21+;/m1./s1. The first kappa shape index (κ1) is 25.7. The average Bonchev–Trinajstić information content (AvgIpc) is 2.79. The highest BCUT2D eigenvalue weighted by molar-refractivity contribution is 5.94. The molecule has 1 aromatic carbocycles. The topological polar surface area (TPSA) is 99.7 Å². The van der Waals surface area contributed by atoms with E-state index < -0.39 is 6.09 Å². The van der Waals surface area contributed by atoms with Crippen molar-refractivity contribution in [2.45, 2.75) is 52.3 Å². The van der Waals surface area contributed by atoms with Gasteiger partial charge in [0.05, 0.1) is 17.8 Å². The van der Waals surface area contributed by atoms with E-state index in [1.165, 1.54) is 0 Å². The number of piperazine rings is 1. The Morgan fingerprint density at radius 2 is 1.88 bits per heavy atom. The molecule has 2 aliphatic rings. The van der Waals surface area contributed by atoms with Gasteiger partial charge in [-0.3, -0.25) is 4.79 Å². The fraction of sp³-hybridized carbons (Fsp3) is 0.500. The third-order valence-electron chi connectivity index (χ3n) is 6.04. The summed E-state index contributed by atoms with van der Waals surface area (Å²) < 4.78 is 5.30. The predicted octanol–water partition coefficient (Wildman–Crippen LogP) is 3.30. The van der Waals surface area contributed by atoms with Crippen molar-refractivity contribution in [2.24, 2.45) is 0 Å². The van der Waals surface area contributed by atoms with E-state index in [1.807, 2.05) is 51.1 Å². The molecule has 4 rings (SSSR count). The van der Waals surface area contributed by atoms with E-state index in [0.29, 0.717) is 6.42 Å². The maximum atomic E-state index is 12.4. The zero-order valence-electron chi connectivity index (χ0n) is 20.1. The first-order valence-electron chi connectivity index (χ1n) is 11.5. The van der Waals surface area contributed by atoms with Crippen LogP contribution in [0.2, 0.25) is 0 Å². The van der Waals surface area contributed by atoms with Gasteiger partial charge in [-0.05, 0) is 57.0 Å². The summed E-state index contributed by atoms with van der Waals surface area (Å²) in [4.78, 5) is 28.7. The number of ether oxygens (including phenoxy) is 1. The number of nitrogens with zero attached hydrogens (tertiary/aromatic N) is 4. The van der Waals surface area contributed by atoms with Gasteiger partial charge in [0.15, 0.2) is 5.82 Å². The van der Waals surface area contributed by atoms with E-state index in [1.54, 1.807) is 11.8 Å². The molecule has 9 nitrogen and oxygen atoms in total. The molecule has 0 aliphatic carbocycles. The lowest BCUT2D eigenvalue weighted by Gasteiger charge is -2.39. The molecule has 2 N–H and O–H groups in total. The van der Waals surface area contributed by atoms with Gasteiger partial charge in [0.1, 0.15) is 0 Å². The second-order valence-electron chi connectivity index (χ2n) is 8.91. The summed E-state index contributed by atoms with van der Waals surface area (Å²) in [6.07, 6.45) is -0.0818. The van der Waals surface area contributed by atoms with Crippen LogP contribution in [-0.4, -0.2) is 60.5 Å². The molecule has 0 radical (unpaired) electrons. The van der Waals surface area contributed by atoms with Crippen LogP contribution < -0.4 is 20.4 Å². The number of hydrogen-bond donors (Lipinski definition) is 2. The van der Waals surface area contributed by atoms with Crippen LogP contribution in [0.1, 0.15) is 45.7 Å². The normalized spacial score (nSPS) is 19.8. The Bertz CT molecular complexity index is 1010. The Morgan fingerprint density at radius 1 is 1.15 bits per heavy atom. The maximum absolute atomic E-state index is 12.4. The number of halogens is 1. The van der Waals surface area contributed by atoms with Gasteiger partial charge in [0.2, 0.25) is 5.91 Å². The lowest BCUT2D eigenvalue weighted by atomic mass is 9.90. The number of alkyl carbamates (subject to hydrolysis) is 1. The zero-order chi connectivity index (χ0) is 23.5. The van der Waals surface area contributed by atoms with E-state index in [9.17, 15) is 9.59 Å². The minimum atomic E-state index is -0.463. The quantitative estimate of drug-likeness (QED) is 0.681. The second-order valence-corrected chi connectivity index (χ2v) is 8.91. The van der Waals surface area contributed by atoms with E-state index >= 15 is 0 Å². The zero-order valence-corrected chi connectivity index (χ0v) is 20.9. The molecule has 2 amide bonds. The molecule has 184 valence electrons. The highest BCUT2D eigenvalue weighted by Crippen LogP contribution is 2.39. The average molecular weight is 489 g/mol. The van der Waals surface area contributed by atoms with Crippen LogP contribution in [0, 0.1) is 0 Å². The Kier molecular flexibility index (Phi) is 8.33. The van der Waals surface area contributed by atoms with Crippen molar-refractivity contribution in [1.82, 2.24) is 20.8 Å². The fourth-order valence-corrected chi connectivity index (χ4v) is 4.57. The summed E-state index contributed by atoms with van der Waals surface area (Å²) in [6.45, 7) is 10.9. The summed E-state index contributed by atoms with van der Waals surface area (Å²) in [5.41, 5.74) is 3.29. The van der Waals surface area contributed by atoms with Crippen LogP contribution in [0.15, 0.2) is 30.3 Å². The van der Waals surface area contributed by atoms with Crippen molar-refractivity contribution < 1.29 is 14.3 Å². The molecule has 1 fully saturated rings. The van der Waals surface area contributed by atoms with Gasteiger partial charge in [0, 0.05) is 50.4 Å². The number of amides is 2. The van der Waals surface area contributed by atoms with Crippen molar-refractivity contribution in [3.63, 3.8) is 0 Å². The minimum absolute atomic E-state index is 0. The smallest absolute Gasteiger partial charge is 0.407 e. The number of carbonyl (C=O) groups is 2. The van der Waals surface area contributed by atoms with Crippen molar-refractivity contribution in [3.8, 4) is 11.3 Å². The second kappa shape index (κ2) is 11.0. The molecule has 1 saturated heterocycles. The summed E-state index contributed by atoms with van der Waals surface area (Å²) in [6, 6.07) is 9.50. The molecule has 2 atom stereocenters. The van der Waals surface area contributed by atoms with Gasteiger partial charge in [0.25, 0.3) is 0 Å². The third-order valence-corrected chi connectivity index (χ3v) is 6.04. The molecule has 0 unspecified atom stereocenters. The summed E-state index contributed by atoms with van der Waals surface area (Å²) in [5.74, 6) is 0.839. The molecular weight excluding hydrogens is 456 g/mol. The Hall–Kier alpha value is -2.91. The first-order chi connectivity index (χ1) is 15.8. The SMILES string of the molecule is CC(=O)N1c2ccc(-c3ccc(N4CCNCC4)nn3)cc2[C@@H](NC(=O)OC(C)C)C[C@H]1C.Cl. The van der Waals surface area contributed by atoms with Crippen LogP contribution in [0.5, 0.6) is 0 Å². The molecule has 1 aromatic heterocycles. The largest absolute Gasteiger partial charge is 0.447 e.